The molecular weight excluding hydrogens is 268 g/mol. The maximum atomic E-state index is 12.2. The summed E-state index contributed by atoms with van der Waals surface area (Å²) in [5.74, 6) is -1.74. The number of rotatable bonds is 9. The van der Waals surface area contributed by atoms with Gasteiger partial charge in [0.2, 0.25) is 0 Å². The number of carboxylic acid groups (broad SMARTS) is 2. The Bertz CT molecular complexity index is 380. The molecule has 0 saturated carbocycles. The van der Waals surface area contributed by atoms with Crippen LogP contribution in [0.25, 0.3) is 0 Å². The first-order valence-electron chi connectivity index (χ1n) is 7.83. The Morgan fingerprint density at radius 3 is 1.67 bits per heavy atom. The minimum absolute atomic E-state index is 0.237. The summed E-state index contributed by atoms with van der Waals surface area (Å²) in [6.45, 7) is 14.0. The van der Waals surface area contributed by atoms with Gasteiger partial charge in [-0.25, -0.2) is 0 Å². The van der Waals surface area contributed by atoms with Crippen LogP contribution in [0.4, 0.5) is 0 Å². The predicted molar refractivity (Wildman–Crippen MR) is 84.2 cm³/mol. The Kier molecular flexibility index (Phi) is 6.46. The van der Waals surface area contributed by atoms with Crippen molar-refractivity contribution < 1.29 is 19.8 Å². The van der Waals surface area contributed by atoms with Crippen molar-refractivity contribution >= 4 is 11.9 Å². The normalized spacial score (nSPS) is 15.8. The highest BCUT2D eigenvalue weighted by Gasteiger charge is 2.55. The molecule has 124 valence electrons. The fourth-order valence-electron chi connectivity index (χ4n) is 3.07. The lowest BCUT2D eigenvalue weighted by molar-refractivity contribution is -0.170. The second-order valence-electron chi connectivity index (χ2n) is 7.55. The Morgan fingerprint density at radius 2 is 1.43 bits per heavy atom. The van der Waals surface area contributed by atoms with Crippen molar-refractivity contribution in [2.75, 3.05) is 0 Å². The van der Waals surface area contributed by atoms with E-state index >= 15 is 0 Å². The Hall–Kier alpha value is -1.06. The van der Waals surface area contributed by atoms with Crippen LogP contribution < -0.4 is 0 Å². The average molecular weight is 300 g/mol. The highest BCUT2D eigenvalue weighted by atomic mass is 16.4. The molecule has 0 aromatic carbocycles. The van der Waals surface area contributed by atoms with Crippen molar-refractivity contribution in [3.8, 4) is 0 Å². The first-order valence-corrected chi connectivity index (χ1v) is 7.83. The van der Waals surface area contributed by atoms with Gasteiger partial charge in [0.05, 0.1) is 11.8 Å². The van der Waals surface area contributed by atoms with E-state index in [4.69, 9.17) is 0 Å². The minimum atomic E-state index is -1.24. The topological polar surface area (TPSA) is 74.6 Å². The molecule has 4 heteroatoms. The van der Waals surface area contributed by atoms with Crippen LogP contribution in [-0.4, -0.2) is 22.2 Å². The Balaban J connectivity index is 6.06. The molecule has 0 spiro atoms. The van der Waals surface area contributed by atoms with E-state index in [9.17, 15) is 19.8 Å². The van der Waals surface area contributed by atoms with Crippen molar-refractivity contribution in [3.05, 3.63) is 0 Å². The lowest BCUT2D eigenvalue weighted by atomic mass is 9.53. The van der Waals surface area contributed by atoms with Crippen molar-refractivity contribution in [1.29, 1.82) is 0 Å². The van der Waals surface area contributed by atoms with Gasteiger partial charge in [0.1, 0.15) is 0 Å². The molecule has 0 aromatic rings. The van der Waals surface area contributed by atoms with Gasteiger partial charge in [-0.1, -0.05) is 48.5 Å². The molecule has 21 heavy (non-hydrogen) atoms. The van der Waals surface area contributed by atoms with Gasteiger partial charge in [0, 0.05) is 0 Å². The van der Waals surface area contributed by atoms with E-state index in [-0.39, 0.29) is 17.8 Å². The monoisotopic (exact) mass is 300 g/mol. The molecule has 0 aliphatic heterocycles. The predicted octanol–water partition coefficient (Wildman–Crippen LogP) is 4.43. The summed E-state index contributed by atoms with van der Waals surface area (Å²) in [5, 5.41) is 19.3. The van der Waals surface area contributed by atoms with Crippen LogP contribution in [-0.2, 0) is 9.59 Å². The fourth-order valence-corrected chi connectivity index (χ4v) is 3.07. The fraction of sp³-hybridized carbons (Fsp3) is 0.882. The molecule has 0 fully saturated rings. The average Bonchev–Trinajstić information content (AvgIpc) is 2.35. The van der Waals surface area contributed by atoms with Crippen LogP contribution in [0.2, 0.25) is 0 Å². The number of aliphatic carboxylic acids is 2. The molecule has 0 bridgehead atoms. The van der Waals surface area contributed by atoms with Gasteiger partial charge in [-0.2, -0.15) is 0 Å². The summed E-state index contributed by atoms with van der Waals surface area (Å²) in [6.07, 6.45) is 1.35. The van der Waals surface area contributed by atoms with Gasteiger partial charge in [0.25, 0.3) is 0 Å². The summed E-state index contributed by atoms with van der Waals surface area (Å²) in [7, 11) is 0. The SMILES string of the molecule is CCC(C)(CC)C(CC(=O)O)(CC(C)(C)C(C)C)C(=O)O. The zero-order valence-corrected chi connectivity index (χ0v) is 14.6. The lowest BCUT2D eigenvalue weighted by Gasteiger charge is -2.49. The number of hydrogen-bond acceptors (Lipinski definition) is 2. The molecule has 0 radical (unpaired) electrons. The third kappa shape index (κ3) is 3.98. The van der Waals surface area contributed by atoms with Gasteiger partial charge in [-0.05, 0) is 36.0 Å². The van der Waals surface area contributed by atoms with Crippen LogP contribution in [0.1, 0.15) is 74.1 Å². The third-order valence-corrected chi connectivity index (χ3v) is 5.90. The summed E-state index contributed by atoms with van der Waals surface area (Å²) >= 11 is 0. The van der Waals surface area contributed by atoms with Crippen LogP contribution in [0.3, 0.4) is 0 Å². The van der Waals surface area contributed by atoms with Gasteiger partial charge < -0.3 is 10.2 Å². The first kappa shape index (κ1) is 19.9. The van der Waals surface area contributed by atoms with E-state index in [1.807, 2.05) is 34.6 Å². The van der Waals surface area contributed by atoms with Crippen molar-refractivity contribution in [2.24, 2.45) is 22.2 Å². The maximum absolute atomic E-state index is 12.2. The van der Waals surface area contributed by atoms with Crippen molar-refractivity contribution in [3.63, 3.8) is 0 Å². The molecule has 0 aromatic heterocycles. The Morgan fingerprint density at radius 1 is 1.00 bits per heavy atom. The zero-order valence-electron chi connectivity index (χ0n) is 14.6. The van der Waals surface area contributed by atoms with Gasteiger partial charge in [0.15, 0.2) is 0 Å². The van der Waals surface area contributed by atoms with E-state index in [1.165, 1.54) is 0 Å². The second kappa shape index (κ2) is 6.80. The van der Waals surface area contributed by atoms with E-state index in [0.717, 1.165) is 0 Å². The summed E-state index contributed by atoms with van der Waals surface area (Å²) < 4.78 is 0. The van der Waals surface area contributed by atoms with E-state index in [0.29, 0.717) is 19.3 Å². The lowest BCUT2D eigenvalue weighted by Crippen LogP contribution is -2.50. The summed E-state index contributed by atoms with van der Waals surface area (Å²) in [6, 6.07) is 0. The third-order valence-electron chi connectivity index (χ3n) is 5.90. The standard InChI is InChI=1S/C17H32O4/c1-8-16(7,9-2)17(14(20)21,10-13(18)19)11-15(5,6)12(3)4/h12H,8-11H2,1-7H3,(H,18,19)(H,20,21). The largest absolute Gasteiger partial charge is 0.481 e. The highest BCUT2D eigenvalue weighted by molar-refractivity contribution is 5.82. The summed E-state index contributed by atoms with van der Waals surface area (Å²) in [4.78, 5) is 23.5. The zero-order chi connectivity index (χ0) is 17.1. The molecule has 4 nitrogen and oxygen atoms in total. The molecular formula is C17H32O4. The van der Waals surface area contributed by atoms with Gasteiger partial charge in [-0.3, -0.25) is 9.59 Å². The quantitative estimate of drug-likeness (QED) is 0.660. The van der Waals surface area contributed by atoms with E-state index < -0.39 is 22.8 Å². The van der Waals surface area contributed by atoms with Gasteiger partial charge >= 0.3 is 11.9 Å². The Labute approximate surface area is 128 Å². The second-order valence-corrected chi connectivity index (χ2v) is 7.55. The molecule has 2 N–H and O–H groups in total. The van der Waals surface area contributed by atoms with Crippen LogP contribution in [0.15, 0.2) is 0 Å². The molecule has 0 saturated heterocycles. The van der Waals surface area contributed by atoms with Crippen LogP contribution in [0, 0.1) is 22.2 Å². The van der Waals surface area contributed by atoms with Gasteiger partial charge in [-0.15, -0.1) is 0 Å². The number of carboxylic acids is 2. The summed E-state index contributed by atoms with van der Waals surface area (Å²) in [5.41, 5.74) is -2.01. The van der Waals surface area contributed by atoms with Crippen molar-refractivity contribution in [1.82, 2.24) is 0 Å². The molecule has 0 amide bonds. The minimum Gasteiger partial charge on any atom is -0.481 e. The number of carbonyl (C=O) groups is 2. The molecule has 1 atom stereocenters. The molecule has 1 unspecified atom stereocenters. The van der Waals surface area contributed by atoms with Crippen LogP contribution in [0.5, 0.6) is 0 Å². The van der Waals surface area contributed by atoms with Crippen molar-refractivity contribution in [2.45, 2.75) is 74.1 Å². The van der Waals surface area contributed by atoms with Crippen LogP contribution >= 0.6 is 0 Å². The molecule has 0 aliphatic carbocycles. The maximum Gasteiger partial charge on any atom is 0.310 e. The first-order chi connectivity index (χ1) is 9.38. The number of hydrogen-bond donors (Lipinski definition) is 2. The van der Waals surface area contributed by atoms with E-state index in [2.05, 4.69) is 13.8 Å². The molecule has 0 aliphatic rings. The smallest absolute Gasteiger partial charge is 0.310 e. The molecule has 0 heterocycles. The highest BCUT2D eigenvalue weighted by Crippen LogP contribution is 2.54. The molecule has 0 rings (SSSR count). The van der Waals surface area contributed by atoms with E-state index in [1.54, 1.807) is 0 Å².